The average Bonchev–Trinajstić information content (AvgIpc) is 2.08. The van der Waals surface area contributed by atoms with E-state index < -0.39 is 5.91 Å². The first-order valence-corrected chi connectivity index (χ1v) is 3.52. The second-order valence-electron chi connectivity index (χ2n) is 2.14. The van der Waals surface area contributed by atoms with Crippen LogP contribution >= 0.6 is 11.6 Å². The van der Waals surface area contributed by atoms with Crippen LogP contribution in [0.2, 0.25) is 5.02 Å². The van der Waals surface area contributed by atoms with Crippen LogP contribution in [0.1, 0.15) is 10.4 Å². The Morgan fingerprint density at radius 2 is 2.25 bits per heavy atom. The molecule has 1 aromatic carbocycles. The van der Waals surface area contributed by atoms with E-state index >= 15 is 0 Å². The summed E-state index contributed by atoms with van der Waals surface area (Å²) >= 11 is 5.52. The Morgan fingerprint density at radius 3 is 2.75 bits per heavy atom. The molecule has 12 heavy (non-hydrogen) atoms. The Labute approximate surface area is 73.9 Å². The molecule has 1 rings (SSSR count). The van der Waals surface area contributed by atoms with Crippen LogP contribution in [0, 0.1) is 0 Å². The Morgan fingerprint density at radius 1 is 1.58 bits per heavy atom. The zero-order valence-electron chi connectivity index (χ0n) is 6.04. The topological polar surface area (TPSA) is 75.3 Å². The van der Waals surface area contributed by atoms with E-state index in [-0.39, 0.29) is 16.3 Å². The molecule has 0 aliphatic heterocycles. The molecular weight excluding hydrogens is 180 g/mol. The molecule has 0 saturated heterocycles. The summed E-state index contributed by atoms with van der Waals surface area (Å²) < 4.78 is 0. The Hall–Kier alpha value is -1.26. The molecule has 0 aliphatic rings. The predicted octanol–water partition coefficient (Wildman–Crippen LogP) is 0.649. The molecular formula is C7H7ClN2O2. The quantitative estimate of drug-likeness (QED) is 0.343. The molecule has 4 N–H and O–H groups in total. The van der Waals surface area contributed by atoms with E-state index in [0.29, 0.717) is 0 Å². The van der Waals surface area contributed by atoms with Crippen LogP contribution in [0.25, 0.3) is 0 Å². The molecule has 0 atom stereocenters. The van der Waals surface area contributed by atoms with Crippen LogP contribution in [0.3, 0.4) is 0 Å². The van der Waals surface area contributed by atoms with Gasteiger partial charge in [-0.3, -0.25) is 10.2 Å². The van der Waals surface area contributed by atoms with Gasteiger partial charge in [0, 0.05) is 5.56 Å². The van der Waals surface area contributed by atoms with Crippen molar-refractivity contribution in [3.8, 4) is 5.75 Å². The number of amides is 1. The number of nitrogens with two attached hydrogens (primary N) is 1. The van der Waals surface area contributed by atoms with E-state index in [1.165, 1.54) is 18.2 Å². The molecule has 0 aliphatic carbocycles. The van der Waals surface area contributed by atoms with E-state index in [4.69, 9.17) is 22.6 Å². The summed E-state index contributed by atoms with van der Waals surface area (Å²) in [5, 5.41) is 9.29. The molecule has 1 aromatic rings. The Kier molecular flexibility index (Phi) is 2.52. The molecule has 0 spiro atoms. The molecule has 0 aromatic heterocycles. The fourth-order valence-corrected chi connectivity index (χ4v) is 0.855. The monoisotopic (exact) mass is 186 g/mol. The highest BCUT2D eigenvalue weighted by molar-refractivity contribution is 6.32. The van der Waals surface area contributed by atoms with E-state index in [1.807, 2.05) is 5.43 Å². The zero-order chi connectivity index (χ0) is 9.14. The van der Waals surface area contributed by atoms with Crippen molar-refractivity contribution in [2.75, 3.05) is 0 Å². The van der Waals surface area contributed by atoms with E-state index in [9.17, 15) is 4.79 Å². The summed E-state index contributed by atoms with van der Waals surface area (Å²) in [7, 11) is 0. The van der Waals surface area contributed by atoms with Crippen LogP contribution in [0.4, 0.5) is 0 Å². The van der Waals surface area contributed by atoms with E-state index in [2.05, 4.69) is 0 Å². The highest BCUT2D eigenvalue weighted by Crippen LogP contribution is 2.23. The number of carbonyl (C=O) groups is 1. The van der Waals surface area contributed by atoms with Gasteiger partial charge >= 0.3 is 0 Å². The van der Waals surface area contributed by atoms with Crippen molar-refractivity contribution >= 4 is 17.5 Å². The van der Waals surface area contributed by atoms with Gasteiger partial charge < -0.3 is 5.11 Å². The molecule has 5 heteroatoms. The molecule has 0 bridgehead atoms. The summed E-state index contributed by atoms with van der Waals surface area (Å²) in [6.07, 6.45) is 0. The number of halogens is 1. The number of phenols is 1. The lowest BCUT2D eigenvalue weighted by Gasteiger charge is -2.00. The fourth-order valence-electron chi connectivity index (χ4n) is 0.737. The van der Waals surface area contributed by atoms with Crippen molar-refractivity contribution in [2.45, 2.75) is 0 Å². The normalized spacial score (nSPS) is 9.50. The van der Waals surface area contributed by atoms with Crippen LogP contribution in [-0.2, 0) is 0 Å². The standard InChI is InChI=1S/C7H7ClN2O2/c8-5-2-1-4(3-6(5)11)7(12)10-9/h1-3,11H,9H2,(H,10,12). The zero-order valence-corrected chi connectivity index (χ0v) is 6.80. The maximum absolute atomic E-state index is 10.9. The van der Waals surface area contributed by atoms with Gasteiger partial charge in [-0.05, 0) is 18.2 Å². The van der Waals surface area contributed by atoms with Gasteiger partial charge in [-0.2, -0.15) is 0 Å². The van der Waals surface area contributed by atoms with Gasteiger partial charge in [-0.25, -0.2) is 5.84 Å². The van der Waals surface area contributed by atoms with E-state index in [1.54, 1.807) is 0 Å². The summed E-state index contributed by atoms with van der Waals surface area (Å²) in [6.45, 7) is 0. The van der Waals surface area contributed by atoms with Gasteiger partial charge in [-0.1, -0.05) is 11.6 Å². The Balaban J connectivity index is 3.05. The van der Waals surface area contributed by atoms with Crippen molar-refractivity contribution in [3.63, 3.8) is 0 Å². The molecule has 0 saturated carbocycles. The number of hydrogen-bond donors (Lipinski definition) is 3. The first kappa shape index (κ1) is 8.83. The lowest BCUT2D eigenvalue weighted by atomic mass is 10.2. The minimum absolute atomic E-state index is 0.141. The molecule has 0 fully saturated rings. The van der Waals surface area contributed by atoms with Crippen molar-refractivity contribution in [1.82, 2.24) is 5.43 Å². The molecule has 64 valence electrons. The number of hydrazine groups is 1. The van der Waals surface area contributed by atoms with Gasteiger partial charge in [0.2, 0.25) is 0 Å². The number of carbonyl (C=O) groups excluding carboxylic acids is 1. The van der Waals surface area contributed by atoms with Crippen molar-refractivity contribution in [3.05, 3.63) is 28.8 Å². The van der Waals surface area contributed by atoms with Crippen molar-refractivity contribution in [1.29, 1.82) is 0 Å². The average molecular weight is 187 g/mol. The predicted molar refractivity (Wildman–Crippen MR) is 44.8 cm³/mol. The van der Waals surface area contributed by atoms with Crippen molar-refractivity contribution in [2.24, 2.45) is 5.84 Å². The third-order valence-corrected chi connectivity index (χ3v) is 1.66. The molecule has 4 nitrogen and oxygen atoms in total. The van der Waals surface area contributed by atoms with Crippen LogP contribution < -0.4 is 11.3 Å². The number of nitrogen functional groups attached to an aromatic ring is 1. The number of nitrogens with one attached hydrogen (secondary N) is 1. The number of rotatable bonds is 1. The van der Waals surface area contributed by atoms with Gasteiger partial charge in [-0.15, -0.1) is 0 Å². The molecule has 0 heterocycles. The first-order valence-electron chi connectivity index (χ1n) is 3.14. The lowest BCUT2D eigenvalue weighted by Crippen LogP contribution is -2.29. The smallest absolute Gasteiger partial charge is 0.265 e. The number of hydrogen-bond acceptors (Lipinski definition) is 3. The van der Waals surface area contributed by atoms with Crippen molar-refractivity contribution < 1.29 is 9.90 Å². The Bertz CT molecular complexity index is 314. The van der Waals surface area contributed by atoms with Gasteiger partial charge in [0.05, 0.1) is 5.02 Å². The van der Waals surface area contributed by atoms with Gasteiger partial charge in [0.25, 0.3) is 5.91 Å². The largest absolute Gasteiger partial charge is 0.506 e. The first-order chi connectivity index (χ1) is 5.65. The van der Waals surface area contributed by atoms with Gasteiger partial charge in [0.1, 0.15) is 5.75 Å². The maximum Gasteiger partial charge on any atom is 0.265 e. The summed E-state index contributed by atoms with van der Waals surface area (Å²) in [5.74, 6) is 4.27. The SMILES string of the molecule is NNC(=O)c1ccc(Cl)c(O)c1. The number of benzene rings is 1. The third kappa shape index (κ3) is 1.66. The number of phenolic OH excluding ortho intramolecular Hbond substituents is 1. The molecule has 0 unspecified atom stereocenters. The number of aromatic hydroxyl groups is 1. The fraction of sp³-hybridized carbons (Fsp3) is 0. The van der Waals surface area contributed by atoms with Crippen LogP contribution in [-0.4, -0.2) is 11.0 Å². The second-order valence-corrected chi connectivity index (χ2v) is 2.55. The summed E-state index contributed by atoms with van der Waals surface area (Å²) in [4.78, 5) is 10.9. The van der Waals surface area contributed by atoms with E-state index in [0.717, 1.165) is 0 Å². The minimum Gasteiger partial charge on any atom is -0.506 e. The second kappa shape index (κ2) is 3.42. The third-order valence-electron chi connectivity index (χ3n) is 1.34. The molecule has 0 radical (unpaired) electrons. The van der Waals surface area contributed by atoms with Gasteiger partial charge in [0.15, 0.2) is 0 Å². The summed E-state index contributed by atoms with van der Waals surface area (Å²) in [6, 6.07) is 4.12. The van der Waals surface area contributed by atoms with Crippen LogP contribution in [0.5, 0.6) is 5.75 Å². The maximum atomic E-state index is 10.9. The minimum atomic E-state index is -0.470. The molecule has 1 amide bonds. The summed E-state index contributed by atoms with van der Waals surface area (Å²) in [5.41, 5.74) is 2.20. The lowest BCUT2D eigenvalue weighted by molar-refractivity contribution is 0.0953. The highest BCUT2D eigenvalue weighted by Gasteiger charge is 2.05. The van der Waals surface area contributed by atoms with Crippen LogP contribution in [0.15, 0.2) is 18.2 Å². The highest BCUT2D eigenvalue weighted by atomic mass is 35.5.